The van der Waals surface area contributed by atoms with Gasteiger partial charge in [-0.05, 0) is 62.8 Å². The van der Waals surface area contributed by atoms with Crippen LogP contribution in [0.25, 0.3) is 10.8 Å². The maximum atomic E-state index is 6.21. The second-order valence-corrected chi connectivity index (χ2v) is 6.25. The average Bonchev–Trinajstić information content (AvgIpc) is 2.48. The molecule has 0 bridgehead atoms. The Labute approximate surface area is 138 Å². The van der Waals surface area contributed by atoms with Gasteiger partial charge in [0, 0.05) is 0 Å². The van der Waals surface area contributed by atoms with Crippen molar-refractivity contribution in [1.29, 1.82) is 0 Å². The lowest BCUT2D eigenvalue weighted by atomic mass is 9.94. The molecule has 2 aromatic rings. The minimum absolute atomic E-state index is 0.0265. The van der Waals surface area contributed by atoms with E-state index in [1.54, 1.807) is 6.92 Å². The Morgan fingerprint density at radius 1 is 1.13 bits per heavy atom. The highest BCUT2D eigenvalue weighted by Gasteiger charge is 2.20. The van der Waals surface area contributed by atoms with Crippen LogP contribution in [0.1, 0.15) is 30.5 Å². The molecule has 0 aliphatic carbocycles. The van der Waals surface area contributed by atoms with E-state index in [-0.39, 0.29) is 6.04 Å². The predicted molar refractivity (Wildman–Crippen MR) is 97.9 cm³/mol. The van der Waals surface area contributed by atoms with E-state index in [9.17, 15) is 0 Å². The molecule has 0 spiro atoms. The fourth-order valence-electron chi connectivity index (χ4n) is 2.83. The Kier molecular flexibility index (Phi) is 5.58. The average molecular weight is 313 g/mol. The van der Waals surface area contributed by atoms with Crippen LogP contribution in [0, 0.1) is 6.92 Å². The molecule has 0 amide bonds. The molecule has 124 valence electrons. The number of hydrazine groups is 1. The van der Waals surface area contributed by atoms with Gasteiger partial charge in [0.15, 0.2) is 0 Å². The maximum Gasteiger partial charge on any atom is 0.118 e. The van der Waals surface area contributed by atoms with Gasteiger partial charge in [0.1, 0.15) is 5.84 Å². The summed E-state index contributed by atoms with van der Waals surface area (Å²) in [5, 5.41) is 8.21. The molecule has 1 atom stereocenters. The van der Waals surface area contributed by atoms with Crippen LogP contribution in [0.2, 0.25) is 0 Å². The van der Waals surface area contributed by atoms with Gasteiger partial charge in [0.25, 0.3) is 0 Å². The number of nitrogens with two attached hydrogens (primary N) is 2. The van der Waals surface area contributed by atoms with Crippen LogP contribution in [0.4, 0.5) is 0 Å². The lowest BCUT2D eigenvalue weighted by molar-refractivity contribution is 0.187. The summed E-state index contributed by atoms with van der Waals surface area (Å²) in [4.78, 5) is 2.15. The van der Waals surface area contributed by atoms with Crippen molar-refractivity contribution in [2.75, 3.05) is 20.6 Å². The monoisotopic (exact) mass is 313 g/mol. The van der Waals surface area contributed by atoms with Crippen LogP contribution in [-0.2, 0) is 0 Å². The molecule has 0 saturated carbocycles. The van der Waals surface area contributed by atoms with E-state index >= 15 is 0 Å². The molecule has 2 aromatic carbocycles. The first kappa shape index (κ1) is 17.2. The molecular formula is C18H27N5. The zero-order chi connectivity index (χ0) is 17.0. The van der Waals surface area contributed by atoms with Crippen LogP contribution in [0.3, 0.4) is 0 Å². The quantitative estimate of drug-likeness (QED) is 0.372. The molecule has 0 radical (unpaired) electrons. The van der Waals surface area contributed by atoms with E-state index in [0.29, 0.717) is 5.84 Å². The molecule has 0 saturated heterocycles. The van der Waals surface area contributed by atoms with Crippen molar-refractivity contribution in [2.24, 2.45) is 16.7 Å². The number of hydrogen-bond donors (Lipinski definition) is 2. The van der Waals surface area contributed by atoms with Gasteiger partial charge in [-0.1, -0.05) is 36.4 Å². The number of hydrazone groups is 1. The van der Waals surface area contributed by atoms with Crippen LogP contribution in [0.15, 0.2) is 41.5 Å². The zero-order valence-electron chi connectivity index (χ0n) is 14.5. The number of fused-ring (bicyclic) bond motifs is 1. The van der Waals surface area contributed by atoms with Gasteiger partial charge >= 0.3 is 0 Å². The molecular weight excluding hydrogens is 286 g/mol. The second-order valence-electron chi connectivity index (χ2n) is 6.25. The largest absolute Gasteiger partial charge is 0.386 e. The molecule has 4 N–H and O–H groups in total. The molecule has 0 fully saturated rings. The topological polar surface area (TPSA) is 70.9 Å². The number of nitrogens with zero attached hydrogens (tertiary/aromatic N) is 3. The standard InChI is InChI=1S/C18H27N5/c1-13-9-10-17(16-8-6-5-7-15(13)16)18(11-12-22(3)4)23(20)21-14(2)19/h5-10,18H,11-12,20H2,1-4H3,(H2,19,21). The summed E-state index contributed by atoms with van der Waals surface area (Å²) in [5.41, 5.74) is 8.16. The van der Waals surface area contributed by atoms with E-state index in [4.69, 9.17) is 11.6 Å². The summed E-state index contributed by atoms with van der Waals surface area (Å²) in [6.07, 6.45) is 0.868. The molecule has 0 aromatic heterocycles. The number of aryl methyl sites for hydroxylation is 1. The van der Waals surface area contributed by atoms with E-state index in [1.807, 2.05) is 0 Å². The molecule has 0 aliphatic rings. The zero-order valence-corrected chi connectivity index (χ0v) is 14.5. The highest BCUT2D eigenvalue weighted by Crippen LogP contribution is 2.31. The van der Waals surface area contributed by atoms with E-state index in [1.165, 1.54) is 27.0 Å². The molecule has 23 heavy (non-hydrogen) atoms. The van der Waals surface area contributed by atoms with Crippen LogP contribution in [0.5, 0.6) is 0 Å². The SMILES string of the molecule is C/C(N)=N/N(N)C(CCN(C)C)c1ccc(C)c2ccccc12. The first-order valence-corrected chi connectivity index (χ1v) is 7.87. The summed E-state index contributed by atoms with van der Waals surface area (Å²) in [7, 11) is 4.12. The number of hydrogen-bond acceptors (Lipinski definition) is 4. The minimum Gasteiger partial charge on any atom is -0.386 e. The highest BCUT2D eigenvalue weighted by atomic mass is 15.6. The third kappa shape index (κ3) is 4.21. The lowest BCUT2D eigenvalue weighted by Crippen LogP contribution is -2.34. The number of amidine groups is 1. The van der Waals surface area contributed by atoms with Gasteiger partial charge in [-0.2, -0.15) is 0 Å². The smallest absolute Gasteiger partial charge is 0.118 e. The summed E-state index contributed by atoms with van der Waals surface area (Å²) in [5.74, 6) is 6.67. The predicted octanol–water partition coefficient (Wildman–Crippen LogP) is 2.61. The Morgan fingerprint density at radius 3 is 2.39 bits per heavy atom. The Balaban J connectivity index is 2.50. The Morgan fingerprint density at radius 2 is 1.78 bits per heavy atom. The molecule has 1 unspecified atom stereocenters. The van der Waals surface area contributed by atoms with Gasteiger partial charge in [0.2, 0.25) is 0 Å². The van der Waals surface area contributed by atoms with Crippen molar-refractivity contribution >= 4 is 16.6 Å². The lowest BCUT2D eigenvalue weighted by Gasteiger charge is -2.28. The molecule has 2 rings (SSSR count). The first-order valence-electron chi connectivity index (χ1n) is 7.87. The summed E-state index contributed by atoms with van der Waals surface area (Å²) < 4.78 is 0. The van der Waals surface area contributed by atoms with Crippen molar-refractivity contribution in [3.63, 3.8) is 0 Å². The Bertz CT molecular complexity index is 689. The van der Waals surface area contributed by atoms with Gasteiger partial charge in [-0.15, -0.1) is 5.10 Å². The van der Waals surface area contributed by atoms with Crippen molar-refractivity contribution in [2.45, 2.75) is 26.3 Å². The summed E-state index contributed by atoms with van der Waals surface area (Å²) in [6, 6.07) is 12.7. The van der Waals surface area contributed by atoms with Gasteiger partial charge < -0.3 is 10.6 Å². The fraction of sp³-hybridized carbons (Fsp3) is 0.389. The highest BCUT2D eigenvalue weighted by molar-refractivity contribution is 5.89. The molecule has 0 aliphatic heterocycles. The Hall–Kier alpha value is -2.11. The summed E-state index contributed by atoms with van der Waals surface area (Å²) >= 11 is 0. The summed E-state index contributed by atoms with van der Waals surface area (Å²) in [6.45, 7) is 4.79. The van der Waals surface area contributed by atoms with E-state index < -0.39 is 0 Å². The second kappa shape index (κ2) is 7.44. The molecule has 5 nitrogen and oxygen atoms in total. The minimum atomic E-state index is -0.0265. The van der Waals surface area contributed by atoms with E-state index in [0.717, 1.165) is 13.0 Å². The number of benzene rings is 2. The van der Waals surface area contributed by atoms with Crippen molar-refractivity contribution < 1.29 is 0 Å². The van der Waals surface area contributed by atoms with Gasteiger partial charge in [0.05, 0.1) is 6.04 Å². The van der Waals surface area contributed by atoms with Gasteiger partial charge in [-0.25, -0.2) is 11.0 Å². The van der Waals surface area contributed by atoms with Crippen molar-refractivity contribution in [3.05, 3.63) is 47.5 Å². The normalized spacial score (nSPS) is 13.6. The van der Waals surface area contributed by atoms with Crippen LogP contribution in [-0.4, -0.2) is 36.5 Å². The van der Waals surface area contributed by atoms with Crippen molar-refractivity contribution in [3.8, 4) is 0 Å². The third-order valence-electron chi connectivity index (χ3n) is 3.98. The maximum absolute atomic E-state index is 6.21. The molecule has 0 heterocycles. The van der Waals surface area contributed by atoms with Crippen molar-refractivity contribution in [1.82, 2.24) is 10.0 Å². The molecule has 5 heteroatoms. The number of rotatable bonds is 6. The van der Waals surface area contributed by atoms with Gasteiger partial charge in [-0.3, -0.25) is 0 Å². The first-order chi connectivity index (χ1) is 10.9. The van der Waals surface area contributed by atoms with Crippen LogP contribution < -0.4 is 11.6 Å². The van der Waals surface area contributed by atoms with Crippen LogP contribution >= 0.6 is 0 Å². The van der Waals surface area contributed by atoms with E-state index in [2.05, 4.69) is 67.4 Å². The fourth-order valence-corrected chi connectivity index (χ4v) is 2.83. The third-order valence-corrected chi connectivity index (χ3v) is 3.98.